The van der Waals surface area contributed by atoms with E-state index in [-0.39, 0.29) is 17.6 Å². The lowest BCUT2D eigenvalue weighted by Gasteiger charge is -2.13. The molecule has 1 amide bonds. The number of hydrogen-bond acceptors (Lipinski definition) is 3. The Morgan fingerprint density at radius 2 is 2.20 bits per heavy atom. The Bertz CT molecular complexity index is 335. The molecule has 0 saturated heterocycles. The number of hydrogen-bond donors (Lipinski definition) is 3. The number of nitrogens with two attached hydrogens (primary N) is 1. The number of phenols is 1. The van der Waals surface area contributed by atoms with Gasteiger partial charge in [-0.2, -0.15) is 0 Å². The summed E-state index contributed by atoms with van der Waals surface area (Å²) in [6, 6.07) is 6.62. The summed E-state index contributed by atoms with van der Waals surface area (Å²) in [5.41, 5.74) is 5.88. The van der Waals surface area contributed by atoms with Gasteiger partial charge in [0.15, 0.2) is 0 Å². The molecule has 0 fully saturated rings. The van der Waals surface area contributed by atoms with E-state index < -0.39 is 0 Å². The third kappa shape index (κ3) is 2.95. The number of nitrogens with one attached hydrogen (secondary N) is 1. The molecule has 1 atom stereocenters. The summed E-state index contributed by atoms with van der Waals surface area (Å²) in [7, 11) is 0. The molecular formula is C11H16N2O2. The van der Waals surface area contributed by atoms with Crippen LogP contribution in [0.4, 0.5) is 5.69 Å². The third-order valence-corrected chi connectivity index (χ3v) is 2.31. The molecule has 0 saturated carbocycles. The van der Waals surface area contributed by atoms with Gasteiger partial charge in [0.1, 0.15) is 5.75 Å². The van der Waals surface area contributed by atoms with Crippen LogP contribution in [0.25, 0.3) is 0 Å². The van der Waals surface area contributed by atoms with E-state index >= 15 is 0 Å². The average molecular weight is 208 g/mol. The van der Waals surface area contributed by atoms with Gasteiger partial charge in [0, 0.05) is 6.54 Å². The Morgan fingerprint density at radius 3 is 2.73 bits per heavy atom. The summed E-state index contributed by atoms with van der Waals surface area (Å²) in [6.45, 7) is 2.22. The predicted molar refractivity (Wildman–Crippen MR) is 59.6 cm³/mol. The van der Waals surface area contributed by atoms with Crippen molar-refractivity contribution in [2.45, 2.75) is 13.3 Å². The van der Waals surface area contributed by atoms with Gasteiger partial charge in [-0.3, -0.25) is 4.79 Å². The van der Waals surface area contributed by atoms with Crippen molar-refractivity contribution in [2.24, 2.45) is 11.7 Å². The van der Waals surface area contributed by atoms with Crippen molar-refractivity contribution in [2.75, 3.05) is 11.9 Å². The Kier molecular flexibility index (Phi) is 4.12. The van der Waals surface area contributed by atoms with Crippen molar-refractivity contribution in [3.05, 3.63) is 24.3 Å². The van der Waals surface area contributed by atoms with Crippen molar-refractivity contribution in [3.63, 3.8) is 0 Å². The van der Waals surface area contributed by atoms with Crippen molar-refractivity contribution in [1.82, 2.24) is 0 Å². The molecule has 0 aromatic heterocycles. The zero-order chi connectivity index (χ0) is 11.3. The fraction of sp³-hybridized carbons (Fsp3) is 0.364. The summed E-state index contributed by atoms with van der Waals surface area (Å²) in [6.07, 6.45) is 0.690. The molecule has 0 aliphatic heterocycles. The quantitative estimate of drug-likeness (QED) is 0.653. The summed E-state index contributed by atoms with van der Waals surface area (Å²) < 4.78 is 0. The van der Waals surface area contributed by atoms with E-state index in [1.165, 1.54) is 6.07 Å². The van der Waals surface area contributed by atoms with Crippen LogP contribution in [0.2, 0.25) is 0 Å². The number of para-hydroxylation sites is 2. The molecule has 0 spiro atoms. The summed E-state index contributed by atoms with van der Waals surface area (Å²) in [4.78, 5) is 11.6. The molecule has 1 aromatic carbocycles. The third-order valence-electron chi connectivity index (χ3n) is 2.31. The monoisotopic (exact) mass is 208 g/mol. The second kappa shape index (κ2) is 5.36. The normalized spacial score (nSPS) is 12.1. The summed E-state index contributed by atoms with van der Waals surface area (Å²) >= 11 is 0. The highest BCUT2D eigenvalue weighted by Gasteiger charge is 2.15. The number of benzene rings is 1. The molecule has 0 bridgehead atoms. The molecular weight excluding hydrogens is 192 g/mol. The highest BCUT2D eigenvalue weighted by Crippen LogP contribution is 2.22. The SMILES string of the molecule is CCC(CN)C(=O)Nc1ccccc1O. The van der Waals surface area contributed by atoms with Crippen LogP contribution >= 0.6 is 0 Å². The number of rotatable bonds is 4. The van der Waals surface area contributed by atoms with E-state index in [1.807, 2.05) is 6.92 Å². The number of carbonyl (C=O) groups excluding carboxylic acids is 1. The summed E-state index contributed by atoms with van der Waals surface area (Å²) in [5, 5.41) is 12.1. The highest BCUT2D eigenvalue weighted by molar-refractivity contribution is 5.93. The Hall–Kier alpha value is -1.55. The fourth-order valence-electron chi connectivity index (χ4n) is 1.27. The van der Waals surface area contributed by atoms with E-state index in [4.69, 9.17) is 5.73 Å². The van der Waals surface area contributed by atoms with Gasteiger partial charge in [0.2, 0.25) is 5.91 Å². The molecule has 1 rings (SSSR count). The number of phenolic OH excluding ortho intramolecular Hbond substituents is 1. The highest BCUT2D eigenvalue weighted by atomic mass is 16.3. The molecule has 1 aromatic rings. The predicted octanol–water partition coefficient (Wildman–Crippen LogP) is 1.32. The molecule has 4 heteroatoms. The number of carbonyl (C=O) groups is 1. The lowest BCUT2D eigenvalue weighted by molar-refractivity contribution is -0.119. The van der Waals surface area contributed by atoms with Gasteiger partial charge >= 0.3 is 0 Å². The van der Waals surface area contributed by atoms with Crippen LogP contribution in [0.1, 0.15) is 13.3 Å². The van der Waals surface area contributed by atoms with Gasteiger partial charge in [0.05, 0.1) is 11.6 Å². The maximum absolute atomic E-state index is 11.6. The lowest BCUT2D eigenvalue weighted by Crippen LogP contribution is -2.28. The van der Waals surface area contributed by atoms with Crippen LogP contribution in [0, 0.1) is 5.92 Å². The smallest absolute Gasteiger partial charge is 0.228 e. The molecule has 0 heterocycles. The summed E-state index contributed by atoms with van der Waals surface area (Å²) in [5.74, 6) is -0.288. The van der Waals surface area contributed by atoms with Gasteiger partial charge in [0.25, 0.3) is 0 Å². The molecule has 0 aliphatic carbocycles. The minimum atomic E-state index is -0.204. The number of amides is 1. The van der Waals surface area contributed by atoms with Crippen molar-refractivity contribution >= 4 is 11.6 Å². The van der Waals surface area contributed by atoms with Gasteiger partial charge in [-0.1, -0.05) is 19.1 Å². The minimum Gasteiger partial charge on any atom is -0.506 e. The number of aromatic hydroxyl groups is 1. The standard InChI is InChI=1S/C11H16N2O2/c1-2-8(7-12)11(15)13-9-5-3-4-6-10(9)14/h3-6,8,14H,2,7,12H2,1H3,(H,13,15). The molecule has 0 aliphatic rings. The molecule has 1 unspecified atom stereocenters. The first kappa shape index (κ1) is 11.5. The fourth-order valence-corrected chi connectivity index (χ4v) is 1.27. The second-order valence-electron chi connectivity index (χ2n) is 3.35. The van der Waals surface area contributed by atoms with Crippen LogP contribution < -0.4 is 11.1 Å². The Balaban J connectivity index is 2.70. The molecule has 15 heavy (non-hydrogen) atoms. The number of anilines is 1. The van der Waals surface area contributed by atoms with Crippen LogP contribution in [0.3, 0.4) is 0 Å². The molecule has 0 radical (unpaired) electrons. The maximum atomic E-state index is 11.6. The first-order valence-electron chi connectivity index (χ1n) is 4.98. The van der Waals surface area contributed by atoms with Crippen LogP contribution in [-0.2, 0) is 4.79 Å². The second-order valence-corrected chi connectivity index (χ2v) is 3.35. The minimum absolute atomic E-state index is 0.0673. The zero-order valence-electron chi connectivity index (χ0n) is 8.73. The lowest BCUT2D eigenvalue weighted by atomic mass is 10.1. The molecule has 4 nitrogen and oxygen atoms in total. The molecule has 82 valence electrons. The van der Waals surface area contributed by atoms with Gasteiger partial charge < -0.3 is 16.2 Å². The van der Waals surface area contributed by atoms with E-state index in [0.29, 0.717) is 18.7 Å². The van der Waals surface area contributed by atoms with Crippen LogP contribution in [0.5, 0.6) is 5.75 Å². The Labute approximate surface area is 89.1 Å². The van der Waals surface area contributed by atoms with Gasteiger partial charge in [-0.15, -0.1) is 0 Å². The average Bonchev–Trinajstić information content (AvgIpc) is 2.23. The first-order valence-corrected chi connectivity index (χ1v) is 4.98. The first-order chi connectivity index (χ1) is 7.19. The maximum Gasteiger partial charge on any atom is 0.228 e. The van der Waals surface area contributed by atoms with E-state index in [1.54, 1.807) is 18.2 Å². The molecule has 4 N–H and O–H groups in total. The van der Waals surface area contributed by atoms with E-state index in [0.717, 1.165) is 0 Å². The van der Waals surface area contributed by atoms with Crippen molar-refractivity contribution < 1.29 is 9.90 Å². The largest absolute Gasteiger partial charge is 0.506 e. The van der Waals surface area contributed by atoms with Gasteiger partial charge in [-0.05, 0) is 18.6 Å². The van der Waals surface area contributed by atoms with Gasteiger partial charge in [-0.25, -0.2) is 0 Å². The van der Waals surface area contributed by atoms with E-state index in [9.17, 15) is 9.90 Å². The topological polar surface area (TPSA) is 75.4 Å². The van der Waals surface area contributed by atoms with E-state index in [2.05, 4.69) is 5.32 Å². The zero-order valence-corrected chi connectivity index (χ0v) is 8.73. The van der Waals surface area contributed by atoms with Crippen molar-refractivity contribution in [1.29, 1.82) is 0 Å². The Morgan fingerprint density at radius 1 is 1.53 bits per heavy atom. The van der Waals surface area contributed by atoms with Crippen LogP contribution in [0.15, 0.2) is 24.3 Å². The van der Waals surface area contributed by atoms with Crippen LogP contribution in [-0.4, -0.2) is 17.6 Å². The van der Waals surface area contributed by atoms with Crippen molar-refractivity contribution in [3.8, 4) is 5.75 Å².